The van der Waals surface area contributed by atoms with Crippen LogP contribution in [-0.4, -0.2) is 55.4 Å². The molecule has 3 aromatic rings. The highest BCUT2D eigenvalue weighted by Gasteiger charge is 2.36. The van der Waals surface area contributed by atoms with E-state index in [2.05, 4.69) is 10.1 Å². The summed E-state index contributed by atoms with van der Waals surface area (Å²) in [5.41, 5.74) is 0.453. The van der Waals surface area contributed by atoms with Crippen molar-refractivity contribution in [3.05, 3.63) is 42.0 Å². The van der Waals surface area contributed by atoms with Gasteiger partial charge in [0.2, 0.25) is 17.5 Å². The van der Waals surface area contributed by atoms with E-state index in [1.807, 2.05) is 0 Å². The molecule has 0 aliphatic carbocycles. The van der Waals surface area contributed by atoms with Crippen molar-refractivity contribution in [3.63, 3.8) is 0 Å². The van der Waals surface area contributed by atoms with E-state index in [0.29, 0.717) is 53.4 Å². The lowest BCUT2D eigenvalue weighted by atomic mass is 9.98. The molecule has 0 N–H and O–H groups in total. The summed E-state index contributed by atoms with van der Waals surface area (Å²) in [4.78, 5) is 18.9. The maximum atomic E-state index is 12.8. The van der Waals surface area contributed by atoms with Crippen molar-refractivity contribution in [3.8, 4) is 28.8 Å². The molecule has 2 aromatic heterocycles. The van der Waals surface area contributed by atoms with Crippen molar-refractivity contribution in [1.29, 1.82) is 0 Å². The van der Waals surface area contributed by atoms with Gasteiger partial charge in [0.25, 0.3) is 5.91 Å². The van der Waals surface area contributed by atoms with Crippen molar-refractivity contribution in [2.75, 3.05) is 34.4 Å². The number of hydrogen-bond donors (Lipinski definition) is 0. The molecule has 0 unspecified atom stereocenters. The van der Waals surface area contributed by atoms with Crippen LogP contribution in [0.1, 0.15) is 22.2 Å². The smallest absolute Gasteiger partial charge is 0.254 e. The molecule has 0 radical (unpaired) electrons. The molecule has 0 bridgehead atoms. The molecule has 3 heterocycles. The van der Waals surface area contributed by atoms with Crippen LogP contribution in [0, 0.1) is 0 Å². The summed E-state index contributed by atoms with van der Waals surface area (Å²) < 4.78 is 26.5. The van der Waals surface area contributed by atoms with Crippen LogP contribution in [0.2, 0.25) is 0 Å². The lowest BCUT2D eigenvalue weighted by Gasteiger charge is -2.37. The van der Waals surface area contributed by atoms with Crippen LogP contribution in [0.15, 0.2) is 39.5 Å². The summed E-state index contributed by atoms with van der Waals surface area (Å²) in [7, 11) is 4.54. The largest absolute Gasteiger partial charge is 0.493 e. The molecule has 1 saturated heterocycles. The maximum absolute atomic E-state index is 12.8. The molecule has 28 heavy (non-hydrogen) atoms. The van der Waals surface area contributed by atoms with Gasteiger partial charge in [0, 0.05) is 18.7 Å². The summed E-state index contributed by atoms with van der Waals surface area (Å²) in [5.74, 6) is 2.58. The summed E-state index contributed by atoms with van der Waals surface area (Å²) >= 11 is 0. The van der Waals surface area contributed by atoms with Gasteiger partial charge in [-0.1, -0.05) is 5.16 Å². The molecule has 1 fully saturated rings. The molecule has 0 saturated carbocycles. The molecule has 0 spiro atoms. The normalized spacial score (nSPS) is 13.9. The first-order valence-electron chi connectivity index (χ1n) is 8.61. The molecule has 1 amide bonds. The van der Waals surface area contributed by atoms with Crippen molar-refractivity contribution < 1.29 is 27.9 Å². The predicted octanol–water partition coefficient (Wildman–Crippen LogP) is 2.60. The van der Waals surface area contributed by atoms with Gasteiger partial charge in [-0.3, -0.25) is 4.79 Å². The van der Waals surface area contributed by atoms with E-state index in [0.717, 1.165) is 0 Å². The van der Waals surface area contributed by atoms with Crippen molar-refractivity contribution in [2.45, 2.75) is 5.92 Å². The van der Waals surface area contributed by atoms with Crippen molar-refractivity contribution in [1.82, 2.24) is 15.0 Å². The quantitative estimate of drug-likeness (QED) is 0.638. The lowest BCUT2D eigenvalue weighted by Crippen LogP contribution is -2.48. The van der Waals surface area contributed by atoms with Crippen LogP contribution in [0.3, 0.4) is 0 Å². The van der Waals surface area contributed by atoms with Gasteiger partial charge in [-0.2, -0.15) is 4.98 Å². The second-order valence-electron chi connectivity index (χ2n) is 6.25. The fourth-order valence-electron chi connectivity index (χ4n) is 3.09. The minimum Gasteiger partial charge on any atom is -0.493 e. The van der Waals surface area contributed by atoms with Gasteiger partial charge in [0.15, 0.2) is 17.3 Å². The SMILES string of the molecule is COc1cc(C(=O)N2CC(c3nc(-c4ccco4)no3)C2)cc(OC)c1OC. The zero-order chi connectivity index (χ0) is 19.7. The third kappa shape index (κ3) is 3.04. The summed E-state index contributed by atoms with van der Waals surface area (Å²) in [6.45, 7) is 0.963. The van der Waals surface area contributed by atoms with Gasteiger partial charge < -0.3 is 28.1 Å². The summed E-state index contributed by atoms with van der Waals surface area (Å²) in [6.07, 6.45) is 1.55. The van der Waals surface area contributed by atoms with E-state index < -0.39 is 0 Å². The Morgan fingerprint density at radius 2 is 1.86 bits per heavy atom. The van der Waals surface area contributed by atoms with E-state index in [-0.39, 0.29) is 11.8 Å². The zero-order valence-corrected chi connectivity index (χ0v) is 15.7. The Morgan fingerprint density at radius 1 is 1.14 bits per heavy atom. The fourth-order valence-corrected chi connectivity index (χ4v) is 3.09. The number of carbonyl (C=O) groups excluding carboxylic acids is 1. The van der Waals surface area contributed by atoms with Gasteiger partial charge in [-0.15, -0.1) is 0 Å². The Kier molecular flexibility index (Phi) is 4.64. The molecule has 4 rings (SSSR count). The summed E-state index contributed by atoms with van der Waals surface area (Å²) in [5, 5.41) is 3.92. The molecule has 9 nitrogen and oxygen atoms in total. The number of carbonyl (C=O) groups is 1. The Labute approximate surface area is 160 Å². The third-order valence-corrected chi connectivity index (χ3v) is 4.61. The number of hydrogen-bond acceptors (Lipinski definition) is 8. The highest BCUT2D eigenvalue weighted by molar-refractivity contribution is 5.96. The highest BCUT2D eigenvalue weighted by Crippen LogP contribution is 2.39. The topological polar surface area (TPSA) is 100 Å². The van der Waals surface area contributed by atoms with Gasteiger partial charge in [0.05, 0.1) is 33.5 Å². The minimum atomic E-state index is -0.138. The number of furan rings is 1. The second-order valence-corrected chi connectivity index (χ2v) is 6.25. The van der Waals surface area contributed by atoms with E-state index in [1.54, 1.807) is 35.4 Å². The Hall–Kier alpha value is -3.49. The average Bonchev–Trinajstić information content (AvgIpc) is 3.37. The second kappa shape index (κ2) is 7.26. The average molecular weight is 385 g/mol. The van der Waals surface area contributed by atoms with Crippen LogP contribution >= 0.6 is 0 Å². The first-order chi connectivity index (χ1) is 13.6. The van der Waals surface area contributed by atoms with Crippen LogP contribution in [0.5, 0.6) is 17.2 Å². The zero-order valence-electron chi connectivity index (χ0n) is 15.7. The molecular formula is C19H19N3O6. The number of benzene rings is 1. The highest BCUT2D eigenvalue weighted by atomic mass is 16.5. The van der Waals surface area contributed by atoms with Crippen molar-refractivity contribution in [2.24, 2.45) is 0 Å². The number of aromatic nitrogens is 2. The standard InChI is InChI=1S/C19H19N3O6/c1-24-14-7-11(8-15(25-2)16(14)26-3)19(23)22-9-12(10-22)18-20-17(21-28-18)13-5-4-6-27-13/h4-8,12H,9-10H2,1-3H3. The van der Waals surface area contributed by atoms with E-state index in [4.69, 9.17) is 23.2 Å². The lowest BCUT2D eigenvalue weighted by molar-refractivity contribution is 0.0568. The monoisotopic (exact) mass is 385 g/mol. The van der Waals surface area contributed by atoms with Crippen molar-refractivity contribution >= 4 is 5.91 Å². The first kappa shape index (κ1) is 17.9. The fraction of sp³-hybridized carbons (Fsp3) is 0.316. The number of likely N-dealkylation sites (tertiary alicyclic amines) is 1. The van der Waals surface area contributed by atoms with E-state index >= 15 is 0 Å². The van der Waals surface area contributed by atoms with Crippen LogP contribution < -0.4 is 14.2 Å². The van der Waals surface area contributed by atoms with Gasteiger partial charge in [-0.05, 0) is 24.3 Å². The first-order valence-corrected chi connectivity index (χ1v) is 8.61. The molecule has 9 heteroatoms. The number of amides is 1. The van der Waals surface area contributed by atoms with Crippen LogP contribution in [0.25, 0.3) is 11.6 Å². The molecule has 146 valence electrons. The van der Waals surface area contributed by atoms with Crippen LogP contribution in [-0.2, 0) is 0 Å². The number of nitrogens with zero attached hydrogens (tertiary/aromatic N) is 3. The number of ether oxygens (including phenoxy) is 3. The third-order valence-electron chi connectivity index (χ3n) is 4.61. The van der Waals surface area contributed by atoms with Gasteiger partial charge >= 0.3 is 0 Å². The molecule has 1 aromatic carbocycles. The minimum absolute atomic E-state index is 0.0119. The Bertz CT molecular complexity index is 950. The number of rotatable bonds is 6. The maximum Gasteiger partial charge on any atom is 0.254 e. The van der Waals surface area contributed by atoms with E-state index in [9.17, 15) is 4.79 Å². The Balaban J connectivity index is 1.47. The summed E-state index contributed by atoms with van der Waals surface area (Å²) in [6, 6.07) is 6.79. The predicted molar refractivity (Wildman–Crippen MR) is 96.7 cm³/mol. The van der Waals surface area contributed by atoms with Crippen LogP contribution in [0.4, 0.5) is 0 Å². The number of methoxy groups -OCH3 is 3. The molecule has 1 aliphatic heterocycles. The Morgan fingerprint density at radius 3 is 2.43 bits per heavy atom. The molecular weight excluding hydrogens is 366 g/mol. The molecule has 0 atom stereocenters. The van der Waals surface area contributed by atoms with Gasteiger partial charge in [-0.25, -0.2) is 0 Å². The van der Waals surface area contributed by atoms with Gasteiger partial charge in [0.1, 0.15) is 0 Å². The van der Waals surface area contributed by atoms with E-state index in [1.165, 1.54) is 21.3 Å². The molecule has 1 aliphatic rings.